The molecule has 0 aliphatic heterocycles. The Morgan fingerprint density at radius 3 is 2.24 bits per heavy atom. The third kappa shape index (κ3) is 4.14. The van der Waals surface area contributed by atoms with E-state index in [1.165, 1.54) is 11.1 Å². The first-order valence-corrected chi connectivity index (χ1v) is 6.32. The van der Waals surface area contributed by atoms with Crippen molar-refractivity contribution in [1.82, 2.24) is 4.90 Å². The van der Waals surface area contributed by atoms with Gasteiger partial charge in [0.15, 0.2) is 0 Å². The predicted molar refractivity (Wildman–Crippen MR) is 75.1 cm³/mol. The molecule has 0 aromatic heterocycles. The first-order valence-electron chi connectivity index (χ1n) is 6.32. The maximum atomic E-state index is 5.79. The van der Waals surface area contributed by atoms with Gasteiger partial charge < -0.3 is 5.73 Å². The highest BCUT2D eigenvalue weighted by atomic mass is 15.1. The zero-order valence-electron chi connectivity index (χ0n) is 11.8. The van der Waals surface area contributed by atoms with Gasteiger partial charge in [-0.05, 0) is 38.4 Å². The lowest BCUT2D eigenvalue weighted by molar-refractivity contribution is 0.174. The van der Waals surface area contributed by atoms with Gasteiger partial charge in [0.2, 0.25) is 0 Å². The standard InChI is InChI=1S/C15H26N2/c1-12-6-8-14(9-7-12)13(2)17(5)11-15(3,4)10-16/h6-9,13H,10-11,16H2,1-5H3. The molecule has 0 bridgehead atoms. The molecule has 0 saturated carbocycles. The fourth-order valence-corrected chi connectivity index (χ4v) is 1.98. The Balaban J connectivity index is 2.69. The summed E-state index contributed by atoms with van der Waals surface area (Å²) in [5.41, 5.74) is 8.64. The second-order valence-corrected chi connectivity index (χ2v) is 5.87. The Bertz CT molecular complexity index is 340. The fourth-order valence-electron chi connectivity index (χ4n) is 1.98. The molecular weight excluding hydrogens is 208 g/mol. The van der Waals surface area contributed by atoms with Crippen LogP contribution in [0.4, 0.5) is 0 Å². The van der Waals surface area contributed by atoms with Crippen LogP contribution in [-0.4, -0.2) is 25.0 Å². The van der Waals surface area contributed by atoms with Crippen LogP contribution >= 0.6 is 0 Å². The lowest BCUT2D eigenvalue weighted by Gasteiger charge is -2.33. The fraction of sp³-hybridized carbons (Fsp3) is 0.600. The van der Waals surface area contributed by atoms with Crippen molar-refractivity contribution in [2.75, 3.05) is 20.1 Å². The molecule has 0 radical (unpaired) electrons. The van der Waals surface area contributed by atoms with Gasteiger partial charge in [0.1, 0.15) is 0 Å². The van der Waals surface area contributed by atoms with Gasteiger partial charge >= 0.3 is 0 Å². The molecule has 0 spiro atoms. The van der Waals surface area contributed by atoms with Crippen LogP contribution in [0, 0.1) is 12.3 Å². The molecule has 1 aromatic carbocycles. The number of aryl methyl sites for hydroxylation is 1. The van der Waals surface area contributed by atoms with Crippen molar-refractivity contribution in [2.45, 2.75) is 33.7 Å². The summed E-state index contributed by atoms with van der Waals surface area (Å²) >= 11 is 0. The van der Waals surface area contributed by atoms with Gasteiger partial charge in [-0.15, -0.1) is 0 Å². The molecule has 0 amide bonds. The molecule has 0 saturated heterocycles. The molecule has 0 heterocycles. The van der Waals surface area contributed by atoms with Crippen LogP contribution in [0.3, 0.4) is 0 Å². The number of nitrogens with two attached hydrogens (primary N) is 1. The van der Waals surface area contributed by atoms with Crippen LogP contribution in [-0.2, 0) is 0 Å². The van der Waals surface area contributed by atoms with Gasteiger partial charge in [0, 0.05) is 12.6 Å². The SMILES string of the molecule is Cc1ccc(C(C)N(C)CC(C)(C)CN)cc1. The van der Waals surface area contributed by atoms with Gasteiger partial charge in [0.25, 0.3) is 0 Å². The number of nitrogens with zero attached hydrogens (tertiary/aromatic N) is 1. The van der Waals surface area contributed by atoms with E-state index < -0.39 is 0 Å². The molecule has 2 N–H and O–H groups in total. The minimum atomic E-state index is 0.174. The van der Waals surface area contributed by atoms with E-state index in [2.05, 4.69) is 63.9 Å². The monoisotopic (exact) mass is 234 g/mol. The lowest BCUT2D eigenvalue weighted by Crippen LogP contribution is -2.37. The third-order valence-electron chi connectivity index (χ3n) is 3.45. The zero-order chi connectivity index (χ0) is 13.1. The smallest absolute Gasteiger partial charge is 0.0317 e. The normalized spacial score (nSPS) is 14.1. The maximum absolute atomic E-state index is 5.79. The average molecular weight is 234 g/mol. The van der Waals surface area contributed by atoms with Gasteiger partial charge in [-0.3, -0.25) is 4.90 Å². The summed E-state index contributed by atoms with van der Waals surface area (Å²) in [6.07, 6.45) is 0. The van der Waals surface area contributed by atoms with Crippen LogP contribution in [0.2, 0.25) is 0 Å². The van der Waals surface area contributed by atoms with E-state index in [0.29, 0.717) is 6.04 Å². The highest BCUT2D eigenvalue weighted by Gasteiger charge is 2.21. The third-order valence-corrected chi connectivity index (χ3v) is 3.45. The first kappa shape index (κ1) is 14.2. The van der Waals surface area contributed by atoms with E-state index in [9.17, 15) is 0 Å². The molecule has 96 valence electrons. The van der Waals surface area contributed by atoms with E-state index in [4.69, 9.17) is 5.73 Å². The van der Waals surface area contributed by atoms with E-state index in [0.717, 1.165) is 13.1 Å². The van der Waals surface area contributed by atoms with Gasteiger partial charge in [-0.1, -0.05) is 43.7 Å². The molecule has 0 aliphatic carbocycles. The van der Waals surface area contributed by atoms with Gasteiger partial charge in [-0.2, -0.15) is 0 Å². The molecule has 2 nitrogen and oxygen atoms in total. The Kier molecular flexibility index (Phi) is 4.72. The average Bonchev–Trinajstić information content (AvgIpc) is 2.28. The van der Waals surface area contributed by atoms with Crippen molar-refractivity contribution in [3.05, 3.63) is 35.4 Å². The van der Waals surface area contributed by atoms with Crippen LogP contribution in [0.25, 0.3) is 0 Å². The molecule has 0 fully saturated rings. The largest absolute Gasteiger partial charge is 0.330 e. The van der Waals surface area contributed by atoms with Gasteiger partial charge in [0.05, 0.1) is 0 Å². The second kappa shape index (κ2) is 5.65. The predicted octanol–water partition coefficient (Wildman–Crippen LogP) is 2.97. The highest BCUT2D eigenvalue weighted by molar-refractivity contribution is 5.23. The first-order chi connectivity index (χ1) is 7.85. The van der Waals surface area contributed by atoms with Crippen LogP contribution in [0.5, 0.6) is 0 Å². The summed E-state index contributed by atoms with van der Waals surface area (Å²) in [5.74, 6) is 0. The Labute approximate surface area is 106 Å². The van der Waals surface area contributed by atoms with E-state index >= 15 is 0 Å². The quantitative estimate of drug-likeness (QED) is 0.848. The number of rotatable bonds is 5. The van der Waals surface area contributed by atoms with Crippen molar-refractivity contribution in [3.63, 3.8) is 0 Å². The van der Waals surface area contributed by atoms with Crippen molar-refractivity contribution in [3.8, 4) is 0 Å². The summed E-state index contributed by atoms with van der Waals surface area (Å²) in [5, 5.41) is 0. The molecule has 1 aromatic rings. The Morgan fingerprint density at radius 1 is 1.24 bits per heavy atom. The zero-order valence-corrected chi connectivity index (χ0v) is 11.8. The van der Waals surface area contributed by atoms with E-state index in [1.807, 2.05) is 0 Å². The minimum Gasteiger partial charge on any atom is -0.330 e. The minimum absolute atomic E-state index is 0.174. The molecule has 2 heteroatoms. The molecular formula is C15H26N2. The number of hydrogen-bond donors (Lipinski definition) is 1. The van der Waals surface area contributed by atoms with Crippen LogP contribution in [0.15, 0.2) is 24.3 Å². The van der Waals surface area contributed by atoms with Crippen molar-refractivity contribution in [1.29, 1.82) is 0 Å². The molecule has 17 heavy (non-hydrogen) atoms. The lowest BCUT2D eigenvalue weighted by atomic mass is 9.92. The van der Waals surface area contributed by atoms with E-state index in [1.54, 1.807) is 0 Å². The van der Waals surface area contributed by atoms with Crippen LogP contribution in [0.1, 0.15) is 37.9 Å². The number of benzene rings is 1. The van der Waals surface area contributed by atoms with Crippen molar-refractivity contribution in [2.24, 2.45) is 11.1 Å². The summed E-state index contributed by atoms with van der Waals surface area (Å²) in [6, 6.07) is 9.21. The molecule has 1 unspecified atom stereocenters. The summed E-state index contributed by atoms with van der Waals surface area (Å²) in [6.45, 7) is 10.5. The van der Waals surface area contributed by atoms with Crippen LogP contribution < -0.4 is 5.73 Å². The Morgan fingerprint density at radius 2 is 1.76 bits per heavy atom. The summed E-state index contributed by atoms with van der Waals surface area (Å²) < 4.78 is 0. The molecule has 1 atom stereocenters. The molecule has 1 rings (SSSR count). The summed E-state index contributed by atoms with van der Waals surface area (Å²) in [7, 11) is 2.17. The molecule has 0 aliphatic rings. The summed E-state index contributed by atoms with van der Waals surface area (Å²) in [4.78, 5) is 2.37. The van der Waals surface area contributed by atoms with E-state index in [-0.39, 0.29) is 5.41 Å². The Hall–Kier alpha value is -0.860. The topological polar surface area (TPSA) is 29.3 Å². The van der Waals surface area contributed by atoms with Crippen molar-refractivity contribution < 1.29 is 0 Å². The highest BCUT2D eigenvalue weighted by Crippen LogP contribution is 2.23. The maximum Gasteiger partial charge on any atom is 0.0317 e. The van der Waals surface area contributed by atoms with Crippen molar-refractivity contribution >= 4 is 0 Å². The second-order valence-electron chi connectivity index (χ2n) is 5.87. The van der Waals surface area contributed by atoms with Gasteiger partial charge in [-0.25, -0.2) is 0 Å². The number of hydrogen-bond acceptors (Lipinski definition) is 2.